The SMILES string of the molecule is NC(=O)c1cn([C@@H]2O[C@H](CNCc3ccccc3)[C@@H](O)[C@H]2O)cn1.O=C(O)C(O)C(O)C(=O)O. The van der Waals surface area contributed by atoms with Gasteiger partial charge in [-0.2, -0.15) is 0 Å². The maximum absolute atomic E-state index is 11.1. The average molecular weight is 482 g/mol. The highest BCUT2D eigenvalue weighted by atomic mass is 16.6. The summed E-state index contributed by atoms with van der Waals surface area (Å²) in [6, 6.07) is 9.83. The van der Waals surface area contributed by atoms with Crippen LogP contribution in [0.15, 0.2) is 42.9 Å². The topological polar surface area (TPSA) is 238 Å². The molecule has 3 rings (SSSR count). The van der Waals surface area contributed by atoms with Crippen LogP contribution in [0.3, 0.4) is 0 Å². The minimum Gasteiger partial charge on any atom is -0.479 e. The lowest BCUT2D eigenvalue weighted by molar-refractivity contribution is -0.165. The van der Waals surface area contributed by atoms with E-state index in [4.69, 9.17) is 30.9 Å². The summed E-state index contributed by atoms with van der Waals surface area (Å²) in [6.45, 7) is 1.01. The molecule has 1 aliphatic heterocycles. The molecule has 2 heterocycles. The average Bonchev–Trinajstić information content (AvgIpc) is 3.40. The van der Waals surface area contributed by atoms with Crippen molar-refractivity contribution in [3.05, 3.63) is 54.1 Å². The molecule has 1 fully saturated rings. The van der Waals surface area contributed by atoms with Crippen LogP contribution in [0.4, 0.5) is 0 Å². The van der Waals surface area contributed by atoms with Gasteiger partial charge in [-0.05, 0) is 5.56 Å². The number of nitrogens with zero attached hydrogens (tertiary/aromatic N) is 2. The third kappa shape index (κ3) is 7.05. The second kappa shape index (κ2) is 12.2. The summed E-state index contributed by atoms with van der Waals surface area (Å²) in [6.07, 6.45) is -5.35. The standard InChI is InChI=1S/C16H20N4O4.C4H6O6/c17-15(23)11-8-20(9-19-11)16-14(22)13(21)12(24-16)7-18-6-10-4-2-1-3-5-10;5-1(3(7)8)2(6)4(9)10/h1-5,8-9,12-14,16,18,21-22H,6-7H2,(H2,17,23);1-2,5-6H,(H,7,8)(H,9,10)/t12-,13-,14-,16-;/m1./s1. The first-order valence-electron chi connectivity index (χ1n) is 9.94. The Morgan fingerprint density at radius 2 is 1.65 bits per heavy atom. The molecular weight excluding hydrogens is 456 g/mol. The number of aliphatic hydroxyl groups is 4. The second-order valence-electron chi connectivity index (χ2n) is 7.30. The number of hydrogen-bond donors (Lipinski definition) is 8. The number of benzene rings is 1. The summed E-state index contributed by atoms with van der Waals surface area (Å²) < 4.78 is 7.15. The second-order valence-corrected chi connectivity index (χ2v) is 7.30. The van der Waals surface area contributed by atoms with Crippen LogP contribution in [0.1, 0.15) is 22.3 Å². The van der Waals surface area contributed by atoms with Gasteiger partial charge in [0.05, 0.1) is 6.33 Å². The predicted molar refractivity (Wildman–Crippen MR) is 112 cm³/mol. The molecule has 0 saturated carbocycles. The fourth-order valence-electron chi connectivity index (χ4n) is 2.97. The third-order valence-electron chi connectivity index (χ3n) is 4.81. The number of aliphatic hydroxyl groups excluding tert-OH is 4. The zero-order valence-corrected chi connectivity index (χ0v) is 17.7. The van der Waals surface area contributed by atoms with E-state index in [0.717, 1.165) is 5.56 Å². The first kappa shape index (κ1) is 26.8. The van der Waals surface area contributed by atoms with Crippen molar-refractivity contribution < 1.29 is 49.8 Å². The van der Waals surface area contributed by atoms with Gasteiger partial charge in [0.2, 0.25) is 0 Å². The van der Waals surface area contributed by atoms with Crippen LogP contribution >= 0.6 is 0 Å². The molecule has 9 N–H and O–H groups in total. The van der Waals surface area contributed by atoms with Gasteiger partial charge >= 0.3 is 11.9 Å². The van der Waals surface area contributed by atoms with Crippen molar-refractivity contribution in [3.8, 4) is 0 Å². The highest BCUT2D eigenvalue weighted by molar-refractivity contribution is 5.90. The van der Waals surface area contributed by atoms with Crippen molar-refractivity contribution in [1.82, 2.24) is 14.9 Å². The molecule has 1 aliphatic rings. The molecule has 0 bridgehead atoms. The number of rotatable bonds is 9. The zero-order chi connectivity index (χ0) is 25.4. The van der Waals surface area contributed by atoms with E-state index in [2.05, 4.69) is 10.3 Å². The number of aromatic nitrogens is 2. The molecule has 1 amide bonds. The Kier molecular flexibility index (Phi) is 9.61. The number of carboxylic acids is 2. The Hall–Kier alpha value is -3.40. The molecule has 186 valence electrons. The third-order valence-corrected chi connectivity index (χ3v) is 4.81. The Labute approximate surface area is 192 Å². The zero-order valence-electron chi connectivity index (χ0n) is 17.7. The molecule has 1 saturated heterocycles. The van der Waals surface area contributed by atoms with E-state index < -0.39 is 54.6 Å². The molecule has 1 aromatic carbocycles. The van der Waals surface area contributed by atoms with Crippen LogP contribution in [0.25, 0.3) is 0 Å². The van der Waals surface area contributed by atoms with Crippen LogP contribution in [0.2, 0.25) is 0 Å². The van der Waals surface area contributed by atoms with Crippen LogP contribution in [-0.2, 0) is 20.9 Å². The molecule has 34 heavy (non-hydrogen) atoms. The van der Waals surface area contributed by atoms with Gasteiger partial charge < -0.3 is 51.0 Å². The Morgan fingerprint density at radius 3 is 2.15 bits per heavy atom. The number of aliphatic carboxylic acids is 2. The Balaban J connectivity index is 0.000000347. The Morgan fingerprint density at radius 1 is 1.06 bits per heavy atom. The number of nitrogens with two attached hydrogens (primary N) is 1. The van der Waals surface area contributed by atoms with E-state index in [1.54, 1.807) is 0 Å². The van der Waals surface area contributed by atoms with Gasteiger partial charge in [-0.15, -0.1) is 0 Å². The minimum absolute atomic E-state index is 0.0749. The number of carbonyl (C=O) groups is 3. The van der Waals surface area contributed by atoms with Crippen molar-refractivity contribution in [2.45, 2.75) is 43.3 Å². The van der Waals surface area contributed by atoms with E-state index in [1.165, 1.54) is 17.1 Å². The number of primary amides is 1. The lowest BCUT2D eigenvalue weighted by atomic mass is 10.1. The molecule has 14 nitrogen and oxygen atoms in total. The normalized spacial score (nSPS) is 23.4. The number of ether oxygens (including phenoxy) is 1. The van der Waals surface area contributed by atoms with E-state index in [9.17, 15) is 24.6 Å². The van der Waals surface area contributed by atoms with Crippen LogP contribution < -0.4 is 11.1 Å². The molecule has 2 unspecified atom stereocenters. The van der Waals surface area contributed by atoms with Gasteiger partial charge in [-0.1, -0.05) is 30.3 Å². The fourth-order valence-corrected chi connectivity index (χ4v) is 2.97. The summed E-state index contributed by atoms with van der Waals surface area (Å²) in [5.41, 5.74) is 6.35. The number of amides is 1. The molecule has 2 aromatic rings. The van der Waals surface area contributed by atoms with Crippen LogP contribution in [0.5, 0.6) is 0 Å². The summed E-state index contributed by atoms with van der Waals surface area (Å²) in [4.78, 5) is 34.5. The van der Waals surface area contributed by atoms with Gasteiger partial charge in [0, 0.05) is 19.3 Å². The van der Waals surface area contributed by atoms with Crippen molar-refractivity contribution >= 4 is 17.8 Å². The quantitative estimate of drug-likeness (QED) is 0.182. The van der Waals surface area contributed by atoms with Crippen molar-refractivity contribution in [1.29, 1.82) is 0 Å². The van der Waals surface area contributed by atoms with Crippen LogP contribution in [0, 0.1) is 0 Å². The molecule has 0 aliphatic carbocycles. The van der Waals surface area contributed by atoms with Crippen molar-refractivity contribution in [2.75, 3.05) is 6.54 Å². The molecule has 14 heteroatoms. The van der Waals surface area contributed by atoms with Gasteiger partial charge in [-0.25, -0.2) is 14.6 Å². The smallest absolute Gasteiger partial charge is 0.335 e. The maximum Gasteiger partial charge on any atom is 0.335 e. The van der Waals surface area contributed by atoms with E-state index >= 15 is 0 Å². The van der Waals surface area contributed by atoms with Gasteiger partial charge in [0.1, 0.15) is 24.0 Å². The Bertz CT molecular complexity index is 951. The largest absolute Gasteiger partial charge is 0.479 e. The minimum atomic E-state index is -2.27. The summed E-state index contributed by atoms with van der Waals surface area (Å²) in [5.74, 6) is -4.20. The van der Waals surface area contributed by atoms with Crippen LogP contribution in [-0.4, -0.2) is 95.1 Å². The highest BCUT2D eigenvalue weighted by Crippen LogP contribution is 2.29. The van der Waals surface area contributed by atoms with Crippen molar-refractivity contribution in [3.63, 3.8) is 0 Å². The summed E-state index contributed by atoms with van der Waals surface area (Å²) in [5, 5.41) is 56.1. The van der Waals surface area contributed by atoms with E-state index in [0.29, 0.717) is 13.1 Å². The maximum atomic E-state index is 11.1. The first-order valence-corrected chi connectivity index (χ1v) is 9.94. The molecular formula is C20H26N4O10. The highest BCUT2D eigenvalue weighted by Gasteiger charge is 2.43. The number of hydrogen-bond acceptors (Lipinski definition) is 10. The van der Waals surface area contributed by atoms with E-state index in [-0.39, 0.29) is 5.69 Å². The molecule has 0 radical (unpaired) electrons. The lowest BCUT2D eigenvalue weighted by Crippen LogP contribution is -2.39. The van der Waals surface area contributed by atoms with Gasteiger partial charge in [-0.3, -0.25) is 4.79 Å². The molecule has 6 atom stereocenters. The summed E-state index contributed by atoms with van der Waals surface area (Å²) >= 11 is 0. The van der Waals surface area contributed by atoms with Gasteiger partial charge in [0.25, 0.3) is 5.91 Å². The first-order chi connectivity index (χ1) is 16.0. The number of imidazole rings is 1. The number of nitrogens with one attached hydrogen (secondary N) is 1. The number of carbonyl (C=O) groups excluding carboxylic acids is 1. The molecule has 0 spiro atoms. The lowest BCUT2D eigenvalue weighted by Gasteiger charge is -2.15. The molecule has 1 aromatic heterocycles. The predicted octanol–water partition coefficient (Wildman–Crippen LogP) is -2.73. The summed E-state index contributed by atoms with van der Waals surface area (Å²) in [7, 11) is 0. The monoisotopic (exact) mass is 482 g/mol. The van der Waals surface area contributed by atoms with Crippen molar-refractivity contribution in [2.24, 2.45) is 5.73 Å². The number of carboxylic acid groups (broad SMARTS) is 2. The fraction of sp³-hybridized carbons (Fsp3) is 0.400. The van der Waals surface area contributed by atoms with E-state index in [1.807, 2.05) is 30.3 Å². The van der Waals surface area contributed by atoms with Gasteiger partial charge in [0.15, 0.2) is 18.4 Å².